The fourth-order valence-corrected chi connectivity index (χ4v) is 5.15. The van der Waals surface area contributed by atoms with Crippen LogP contribution in [0.1, 0.15) is 47.6 Å². The van der Waals surface area contributed by atoms with E-state index in [2.05, 4.69) is 79.9 Å². The molecule has 1 fully saturated rings. The molecule has 0 radical (unpaired) electrons. The standard InChI is InChI=1S/C25H27BrN4O2S/c1-16-15-20(17(2)30(16)19-11-9-18(26)10-12-19)24-23(21-7-4-5-13-27-21)28-25(33)29(24)14-6-8-22(31)32-3/h4-5,7,9-13,15,23-24H,6,8,14H2,1-3H3,(H,28,33). The average Bonchev–Trinajstić information content (AvgIpc) is 3.30. The van der Waals surface area contributed by atoms with Crippen LogP contribution in [-0.2, 0) is 9.53 Å². The van der Waals surface area contributed by atoms with Gasteiger partial charge >= 0.3 is 5.97 Å². The molecule has 1 saturated heterocycles. The first-order valence-electron chi connectivity index (χ1n) is 10.9. The molecule has 2 atom stereocenters. The molecule has 33 heavy (non-hydrogen) atoms. The smallest absolute Gasteiger partial charge is 0.305 e. The predicted octanol–water partition coefficient (Wildman–Crippen LogP) is 5.18. The molecule has 6 nitrogen and oxygen atoms in total. The number of esters is 1. The Morgan fingerprint density at radius 3 is 2.64 bits per heavy atom. The minimum absolute atomic E-state index is 0.0413. The van der Waals surface area contributed by atoms with Gasteiger partial charge in [0, 0.05) is 40.7 Å². The number of pyridine rings is 1. The van der Waals surface area contributed by atoms with E-state index in [-0.39, 0.29) is 18.1 Å². The molecule has 8 heteroatoms. The van der Waals surface area contributed by atoms with Gasteiger partial charge in [-0.1, -0.05) is 22.0 Å². The minimum Gasteiger partial charge on any atom is -0.469 e. The number of aromatic nitrogens is 2. The third kappa shape index (κ3) is 4.82. The van der Waals surface area contributed by atoms with Crippen molar-refractivity contribution in [3.8, 4) is 5.69 Å². The van der Waals surface area contributed by atoms with E-state index in [1.54, 1.807) is 0 Å². The van der Waals surface area contributed by atoms with Crippen LogP contribution in [-0.4, -0.2) is 39.2 Å². The molecule has 2 aromatic heterocycles. The molecule has 3 aromatic rings. The fraction of sp³-hybridized carbons (Fsp3) is 0.320. The number of aryl methyl sites for hydroxylation is 1. The van der Waals surface area contributed by atoms with Gasteiger partial charge in [0.1, 0.15) is 0 Å². The molecular weight excluding hydrogens is 500 g/mol. The summed E-state index contributed by atoms with van der Waals surface area (Å²) < 4.78 is 8.13. The van der Waals surface area contributed by atoms with E-state index in [0.717, 1.165) is 27.2 Å². The van der Waals surface area contributed by atoms with Gasteiger partial charge < -0.3 is 19.5 Å². The molecule has 0 bridgehead atoms. The van der Waals surface area contributed by atoms with Crippen LogP contribution in [0.15, 0.2) is 59.2 Å². The van der Waals surface area contributed by atoms with Gasteiger partial charge in [0.15, 0.2) is 5.11 Å². The van der Waals surface area contributed by atoms with Crippen molar-refractivity contribution in [3.05, 3.63) is 81.8 Å². The number of carbonyl (C=O) groups is 1. The summed E-state index contributed by atoms with van der Waals surface area (Å²) in [6.45, 7) is 4.92. The van der Waals surface area contributed by atoms with Crippen molar-refractivity contribution in [2.45, 2.75) is 38.8 Å². The summed E-state index contributed by atoms with van der Waals surface area (Å²) in [7, 11) is 1.42. The topological polar surface area (TPSA) is 59.4 Å². The van der Waals surface area contributed by atoms with Gasteiger partial charge in [0.05, 0.1) is 24.9 Å². The molecule has 2 unspecified atom stereocenters. The number of nitrogens with one attached hydrogen (secondary N) is 1. The van der Waals surface area contributed by atoms with E-state index in [1.807, 2.05) is 24.4 Å². The van der Waals surface area contributed by atoms with Gasteiger partial charge in [-0.15, -0.1) is 0 Å². The second kappa shape index (κ2) is 10.1. The predicted molar refractivity (Wildman–Crippen MR) is 136 cm³/mol. The molecule has 4 rings (SSSR count). The summed E-state index contributed by atoms with van der Waals surface area (Å²) in [5, 5.41) is 4.16. The zero-order valence-electron chi connectivity index (χ0n) is 18.9. The van der Waals surface area contributed by atoms with Crippen LogP contribution in [0.2, 0.25) is 0 Å². The molecule has 0 saturated carbocycles. The van der Waals surface area contributed by atoms with E-state index in [9.17, 15) is 4.79 Å². The van der Waals surface area contributed by atoms with Crippen molar-refractivity contribution in [1.82, 2.24) is 19.8 Å². The summed E-state index contributed by atoms with van der Waals surface area (Å²) >= 11 is 9.27. The molecule has 172 valence electrons. The number of carbonyl (C=O) groups excluding carboxylic acids is 1. The van der Waals surface area contributed by atoms with E-state index in [1.165, 1.54) is 12.7 Å². The highest BCUT2D eigenvalue weighted by Crippen LogP contribution is 2.41. The first-order chi connectivity index (χ1) is 15.9. The van der Waals surface area contributed by atoms with Crippen LogP contribution in [0.4, 0.5) is 0 Å². The summed E-state index contributed by atoms with van der Waals surface area (Å²) in [5.74, 6) is -0.209. The van der Waals surface area contributed by atoms with Crippen molar-refractivity contribution >= 4 is 39.2 Å². The Bertz CT molecular complexity index is 1150. The number of nitrogens with zero attached hydrogens (tertiary/aromatic N) is 3. The maximum absolute atomic E-state index is 11.7. The number of thiocarbonyl (C=S) groups is 1. The van der Waals surface area contributed by atoms with Crippen molar-refractivity contribution in [3.63, 3.8) is 0 Å². The third-order valence-electron chi connectivity index (χ3n) is 6.08. The summed E-state index contributed by atoms with van der Waals surface area (Å²) in [6.07, 6.45) is 2.82. The molecule has 1 aliphatic heterocycles. The average molecular weight is 527 g/mol. The maximum atomic E-state index is 11.7. The normalized spacial score (nSPS) is 17.8. The van der Waals surface area contributed by atoms with Crippen molar-refractivity contribution < 1.29 is 9.53 Å². The number of benzene rings is 1. The lowest BCUT2D eigenvalue weighted by molar-refractivity contribution is -0.140. The highest BCUT2D eigenvalue weighted by atomic mass is 79.9. The van der Waals surface area contributed by atoms with E-state index in [4.69, 9.17) is 17.0 Å². The number of hydrogen-bond donors (Lipinski definition) is 1. The Hall–Kier alpha value is -2.71. The second-order valence-corrected chi connectivity index (χ2v) is 9.44. The zero-order valence-corrected chi connectivity index (χ0v) is 21.3. The van der Waals surface area contributed by atoms with E-state index >= 15 is 0 Å². The van der Waals surface area contributed by atoms with Crippen LogP contribution >= 0.6 is 28.1 Å². The Morgan fingerprint density at radius 1 is 1.21 bits per heavy atom. The van der Waals surface area contributed by atoms with Crippen LogP contribution in [0.3, 0.4) is 0 Å². The van der Waals surface area contributed by atoms with Crippen molar-refractivity contribution in [2.24, 2.45) is 0 Å². The summed E-state index contributed by atoms with van der Waals surface area (Å²) in [4.78, 5) is 18.5. The molecule has 0 aliphatic carbocycles. The Labute approximate surface area is 208 Å². The van der Waals surface area contributed by atoms with Gasteiger partial charge in [-0.25, -0.2) is 0 Å². The number of rotatable bonds is 7. The van der Waals surface area contributed by atoms with Crippen LogP contribution in [0, 0.1) is 13.8 Å². The maximum Gasteiger partial charge on any atom is 0.305 e. The quantitative estimate of drug-likeness (QED) is 0.338. The Morgan fingerprint density at radius 2 is 1.97 bits per heavy atom. The summed E-state index contributed by atoms with van der Waals surface area (Å²) in [5.41, 5.74) is 5.55. The SMILES string of the molecule is COC(=O)CCCN1C(=S)NC(c2ccccn2)C1c1cc(C)n(-c2ccc(Br)cc2)c1C. The molecule has 1 aliphatic rings. The zero-order chi connectivity index (χ0) is 23.5. The minimum atomic E-state index is -0.209. The lowest BCUT2D eigenvalue weighted by Gasteiger charge is -2.28. The van der Waals surface area contributed by atoms with Gasteiger partial charge in [0.25, 0.3) is 0 Å². The monoisotopic (exact) mass is 526 g/mol. The molecular formula is C25H27BrN4O2S. The van der Waals surface area contributed by atoms with Crippen molar-refractivity contribution in [1.29, 1.82) is 0 Å². The lowest BCUT2D eigenvalue weighted by atomic mass is 9.96. The third-order valence-corrected chi connectivity index (χ3v) is 6.96. The molecule has 0 amide bonds. The van der Waals surface area contributed by atoms with Crippen LogP contribution in [0.5, 0.6) is 0 Å². The van der Waals surface area contributed by atoms with Gasteiger partial charge in [-0.2, -0.15) is 0 Å². The first-order valence-corrected chi connectivity index (χ1v) is 12.1. The largest absolute Gasteiger partial charge is 0.469 e. The Kier molecular flexibility index (Phi) is 7.14. The van der Waals surface area contributed by atoms with Crippen LogP contribution in [0.25, 0.3) is 5.69 Å². The molecule has 1 aromatic carbocycles. The lowest BCUT2D eigenvalue weighted by Crippen LogP contribution is -2.31. The summed E-state index contributed by atoms with van der Waals surface area (Å²) in [6, 6.07) is 16.4. The van der Waals surface area contributed by atoms with Gasteiger partial charge in [-0.05, 0) is 80.5 Å². The number of methoxy groups -OCH3 is 1. The molecule has 1 N–H and O–H groups in total. The number of halogens is 1. The highest BCUT2D eigenvalue weighted by molar-refractivity contribution is 9.10. The first kappa shape index (κ1) is 23.4. The van der Waals surface area contributed by atoms with Gasteiger partial charge in [-0.3, -0.25) is 9.78 Å². The molecule has 0 spiro atoms. The number of hydrogen-bond acceptors (Lipinski definition) is 4. The second-order valence-electron chi connectivity index (χ2n) is 8.14. The van der Waals surface area contributed by atoms with Crippen molar-refractivity contribution in [2.75, 3.05) is 13.7 Å². The number of ether oxygens (including phenoxy) is 1. The van der Waals surface area contributed by atoms with Gasteiger partial charge in [0.2, 0.25) is 0 Å². The molecule has 3 heterocycles. The highest BCUT2D eigenvalue weighted by Gasteiger charge is 2.41. The Balaban J connectivity index is 1.74. The van der Waals surface area contributed by atoms with E-state index in [0.29, 0.717) is 24.5 Å². The van der Waals surface area contributed by atoms with Crippen LogP contribution < -0.4 is 5.32 Å². The fourth-order valence-electron chi connectivity index (χ4n) is 4.56. The van der Waals surface area contributed by atoms with E-state index < -0.39 is 0 Å².